The summed E-state index contributed by atoms with van der Waals surface area (Å²) in [5, 5.41) is 7.09. The third-order valence-corrected chi connectivity index (χ3v) is 3.84. The summed E-state index contributed by atoms with van der Waals surface area (Å²) in [7, 11) is 1.86. The third kappa shape index (κ3) is 2.45. The predicted octanol–water partition coefficient (Wildman–Crippen LogP) is 1.87. The molecule has 0 unspecified atom stereocenters. The molecule has 7 heteroatoms. The van der Waals surface area contributed by atoms with E-state index in [2.05, 4.69) is 20.4 Å². The predicted molar refractivity (Wildman–Crippen MR) is 81.2 cm³/mol. The molecule has 112 valence electrons. The van der Waals surface area contributed by atoms with Crippen LogP contribution in [0, 0.1) is 5.92 Å². The largest absolute Gasteiger partial charge is 0.310 e. The molecule has 0 atom stereocenters. The van der Waals surface area contributed by atoms with Gasteiger partial charge in [0, 0.05) is 31.4 Å². The van der Waals surface area contributed by atoms with Crippen molar-refractivity contribution in [2.45, 2.75) is 19.3 Å². The maximum atomic E-state index is 12.0. The fourth-order valence-corrected chi connectivity index (χ4v) is 2.46. The van der Waals surface area contributed by atoms with Crippen molar-refractivity contribution in [3.05, 3.63) is 31.0 Å². The van der Waals surface area contributed by atoms with E-state index in [1.54, 1.807) is 23.3 Å². The number of fused-ring (bicyclic) bond motifs is 1. The highest BCUT2D eigenvalue weighted by atomic mass is 16.1. The number of amides is 1. The van der Waals surface area contributed by atoms with Crippen LogP contribution in [0.2, 0.25) is 0 Å². The molecule has 4 rings (SSSR count). The number of hydrogen-bond acceptors (Lipinski definition) is 4. The Morgan fingerprint density at radius 3 is 2.86 bits per heavy atom. The summed E-state index contributed by atoms with van der Waals surface area (Å²) in [6.07, 6.45) is 11.8. The summed E-state index contributed by atoms with van der Waals surface area (Å²) in [6, 6.07) is 0. The monoisotopic (exact) mass is 296 g/mol. The molecular formula is C15H16N6O. The van der Waals surface area contributed by atoms with Gasteiger partial charge < -0.3 is 5.32 Å². The van der Waals surface area contributed by atoms with Crippen LogP contribution >= 0.6 is 0 Å². The normalized spacial score (nSPS) is 14.4. The van der Waals surface area contributed by atoms with Gasteiger partial charge in [0.1, 0.15) is 5.82 Å². The molecule has 1 aliphatic rings. The average molecular weight is 296 g/mol. The molecule has 1 saturated carbocycles. The summed E-state index contributed by atoms with van der Waals surface area (Å²) in [6.45, 7) is 0. The minimum Gasteiger partial charge on any atom is -0.310 e. The first-order valence-electron chi connectivity index (χ1n) is 7.31. The molecule has 3 aromatic heterocycles. The second-order valence-electron chi connectivity index (χ2n) is 5.74. The van der Waals surface area contributed by atoms with E-state index in [-0.39, 0.29) is 5.91 Å². The Kier molecular flexibility index (Phi) is 2.92. The van der Waals surface area contributed by atoms with Crippen LogP contribution in [0.3, 0.4) is 0 Å². The molecule has 0 spiro atoms. The van der Waals surface area contributed by atoms with Gasteiger partial charge in [-0.2, -0.15) is 5.10 Å². The van der Waals surface area contributed by atoms with Crippen LogP contribution in [-0.2, 0) is 11.8 Å². The topological polar surface area (TPSA) is 77.1 Å². The van der Waals surface area contributed by atoms with Crippen LogP contribution in [0.25, 0.3) is 16.9 Å². The molecule has 7 nitrogen and oxygen atoms in total. The number of carbonyl (C=O) groups is 1. The zero-order chi connectivity index (χ0) is 15.1. The summed E-state index contributed by atoms with van der Waals surface area (Å²) >= 11 is 0. The summed E-state index contributed by atoms with van der Waals surface area (Å²) < 4.78 is 3.58. The molecular weight excluding hydrogens is 280 g/mol. The number of imidazole rings is 1. The molecule has 1 amide bonds. The van der Waals surface area contributed by atoms with Crippen LogP contribution in [0.5, 0.6) is 0 Å². The second-order valence-corrected chi connectivity index (χ2v) is 5.74. The number of nitrogens with one attached hydrogen (secondary N) is 1. The van der Waals surface area contributed by atoms with Gasteiger partial charge >= 0.3 is 0 Å². The van der Waals surface area contributed by atoms with Crippen LogP contribution < -0.4 is 5.32 Å². The molecule has 0 bridgehead atoms. The van der Waals surface area contributed by atoms with E-state index in [0.717, 1.165) is 24.1 Å². The zero-order valence-corrected chi connectivity index (χ0v) is 12.2. The molecule has 0 radical (unpaired) electrons. The van der Waals surface area contributed by atoms with Gasteiger partial charge in [0.2, 0.25) is 5.91 Å². The van der Waals surface area contributed by atoms with Crippen molar-refractivity contribution in [2.24, 2.45) is 13.0 Å². The van der Waals surface area contributed by atoms with Crippen molar-refractivity contribution in [1.82, 2.24) is 24.1 Å². The Labute approximate surface area is 127 Å². The van der Waals surface area contributed by atoms with E-state index in [0.29, 0.717) is 23.8 Å². The lowest BCUT2D eigenvalue weighted by Gasteiger charge is -2.05. The van der Waals surface area contributed by atoms with Crippen LogP contribution in [-0.4, -0.2) is 30.1 Å². The molecule has 1 N–H and O–H groups in total. The van der Waals surface area contributed by atoms with Crippen molar-refractivity contribution in [1.29, 1.82) is 0 Å². The number of hydrogen-bond donors (Lipinski definition) is 1. The number of nitrogens with zero attached hydrogens (tertiary/aromatic N) is 5. The lowest BCUT2D eigenvalue weighted by molar-refractivity contribution is -0.116. The Bertz CT molecular complexity index is 845. The fourth-order valence-electron chi connectivity index (χ4n) is 2.46. The minimum atomic E-state index is 0.0454. The van der Waals surface area contributed by atoms with Crippen LogP contribution in [0.1, 0.15) is 19.3 Å². The van der Waals surface area contributed by atoms with E-state index in [1.807, 2.05) is 23.8 Å². The molecule has 3 heterocycles. The van der Waals surface area contributed by atoms with E-state index in [4.69, 9.17) is 0 Å². The number of aryl methyl sites for hydroxylation is 1. The number of aromatic nitrogens is 5. The van der Waals surface area contributed by atoms with Crippen molar-refractivity contribution in [3.63, 3.8) is 0 Å². The van der Waals surface area contributed by atoms with E-state index >= 15 is 0 Å². The first-order chi connectivity index (χ1) is 10.7. The Balaban J connectivity index is 1.65. The van der Waals surface area contributed by atoms with Crippen LogP contribution in [0.4, 0.5) is 5.82 Å². The Morgan fingerprint density at radius 2 is 2.14 bits per heavy atom. The highest BCUT2D eigenvalue weighted by molar-refractivity contribution is 5.90. The summed E-state index contributed by atoms with van der Waals surface area (Å²) in [5.74, 6) is 1.28. The fraction of sp³-hybridized carbons (Fsp3) is 0.333. The lowest BCUT2D eigenvalue weighted by Crippen LogP contribution is -2.13. The SMILES string of the molecule is Cn1cc(-c2cn3c(NC(=O)CC4CC4)cnc3cn2)cn1. The minimum absolute atomic E-state index is 0.0454. The van der Waals surface area contributed by atoms with Gasteiger partial charge in [-0.25, -0.2) is 4.98 Å². The molecule has 22 heavy (non-hydrogen) atoms. The van der Waals surface area contributed by atoms with Gasteiger partial charge in [-0.05, 0) is 18.8 Å². The highest BCUT2D eigenvalue weighted by Gasteiger charge is 2.24. The Morgan fingerprint density at radius 1 is 1.27 bits per heavy atom. The van der Waals surface area contributed by atoms with Crippen molar-refractivity contribution < 1.29 is 4.79 Å². The number of anilines is 1. The quantitative estimate of drug-likeness (QED) is 0.797. The summed E-state index contributed by atoms with van der Waals surface area (Å²) in [4.78, 5) is 20.6. The maximum absolute atomic E-state index is 12.0. The van der Waals surface area contributed by atoms with Gasteiger partial charge in [0.15, 0.2) is 5.65 Å². The molecule has 0 aromatic carbocycles. The molecule has 0 aliphatic heterocycles. The molecule has 1 aliphatic carbocycles. The zero-order valence-electron chi connectivity index (χ0n) is 12.2. The highest BCUT2D eigenvalue weighted by Crippen LogP contribution is 2.32. The van der Waals surface area contributed by atoms with Crippen molar-refractivity contribution >= 4 is 17.4 Å². The third-order valence-electron chi connectivity index (χ3n) is 3.84. The van der Waals surface area contributed by atoms with E-state index < -0.39 is 0 Å². The van der Waals surface area contributed by atoms with Gasteiger partial charge in [0.25, 0.3) is 0 Å². The van der Waals surface area contributed by atoms with Crippen molar-refractivity contribution in [2.75, 3.05) is 5.32 Å². The Hall–Kier alpha value is -2.70. The average Bonchev–Trinajstić information content (AvgIpc) is 3.06. The van der Waals surface area contributed by atoms with E-state index in [9.17, 15) is 4.79 Å². The smallest absolute Gasteiger partial charge is 0.225 e. The van der Waals surface area contributed by atoms with Gasteiger partial charge in [-0.3, -0.25) is 18.9 Å². The van der Waals surface area contributed by atoms with Gasteiger partial charge in [-0.15, -0.1) is 0 Å². The maximum Gasteiger partial charge on any atom is 0.225 e. The first-order valence-corrected chi connectivity index (χ1v) is 7.31. The second kappa shape index (κ2) is 4.94. The molecule has 3 aromatic rings. The lowest BCUT2D eigenvalue weighted by atomic mass is 10.3. The van der Waals surface area contributed by atoms with E-state index in [1.165, 1.54) is 0 Å². The molecule has 1 fully saturated rings. The van der Waals surface area contributed by atoms with Gasteiger partial charge in [0.05, 0.1) is 24.3 Å². The standard InChI is InChI=1S/C15H16N6O/c1-20-8-11(5-18-20)12-9-21-13(6-16-12)17-7-14(21)19-15(22)4-10-2-3-10/h5-10H,2-4H2,1H3,(H,19,22). The van der Waals surface area contributed by atoms with Gasteiger partial charge in [-0.1, -0.05) is 0 Å². The first kappa shape index (κ1) is 13.0. The van der Waals surface area contributed by atoms with Crippen LogP contribution in [0.15, 0.2) is 31.0 Å². The molecule has 0 saturated heterocycles. The van der Waals surface area contributed by atoms with Crippen molar-refractivity contribution in [3.8, 4) is 11.3 Å². The summed E-state index contributed by atoms with van der Waals surface area (Å²) in [5.41, 5.74) is 2.42. The number of carbonyl (C=O) groups excluding carboxylic acids is 1. The number of rotatable bonds is 4.